The van der Waals surface area contributed by atoms with E-state index in [0.717, 1.165) is 31.2 Å². The Bertz CT molecular complexity index is 750. The predicted molar refractivity (Wildman–Crippen MR) is 94.2 cm³/mol. The van der Waals surface area contributed by atoms with Crippen molar-refractivity contribution >= 4 is 17.5 Å². The topological polar surface area (TPSA) is 116 Å². The Labute approximate surface area is 145 Å². The summed E-state index contributed by atoms with van der Waals surface area (Å²) in [5.41, 5.74) is 7.68. The number of hydrogen-bond donors (Lipinski definition) is 2. The molecule has 0 bridgehead atoms. The van der Waals surface area contributed by atoms with Crippen molar-refractivity contribution in [3.8, 4) is 0 Å². The Hall–Kier alpha value is -2.74. The molecule has 2 unspecified atom stereocenters. The molecule has 0 saturated carbocycles. The summed E-state index contributed by atoms with van der Waals surface area (Å²) in [6.07, 6.45) is 3.16. The summed E-state index contributed by atoms with van der Waals surface area (Å²) in [4.78, 5) is 18.1. The molecular weight excluding hydrogens is 322 g/mol. The van der Waals surface area contributed by atoms with Crippen LogP contribution in [0.3, 0.4) is 0 Å². The maximum absolute atomic E-state index is 10.8. The van der Waals surface area contributed by atoms with Gasteiger partial charge >= 0.3 is 5.69 Å². The van der Waals surface area contributed by atoms with Crippen molar-refractivity contribution in [3.63, 3.8) is 0 Å². The molecule has 1 aliphatic rings. The van der Waals surface area contributed by atoms with Crippen LogP contribution in [0.4, 0.5) is 17.5 Å². The number of nitrogens with zero attached hydrogens (tertiary/aromatic N) is 3. The molecule has 132 valence electrons. The first-order chi connectivity index (χ1) is 12.0. The number of nitrogens with two attached hydrogens (primary N) is 1. The number of nitrogen functional groups attached to an aromatic ring is 1. The van der Waals surface area contributed by atoms with Crippen LogP contribution in [0.5, 0.6) is 0 Å². The molecule has 2 aromatic rings. The standard InChI is InChI=1S/C17H21N5O3/c1-11-4-6-12(7-5-11)15-13(3-2-8-25-15)9-19-17-20-10-14(22(23)24)16(18)21-17/h4-7,10,13,15H,2-3,8-9H2,1H3,(H3,18,19,20,21). The Morgan fingerprint density at radius 2 is 2.16 bits per heavy atom. The van der Waals surface area contributed by atoms with Gasteiger partial charge in [0.15, 0.2) is 0 Å². The lowest BCUT2D eigenvalue weighted by atomic mass is 9.89. The van der Waals surface area contributed by atoms with Crippen LogP contribution in [-0.2, 0) is 4.74 Å². The average molecular weight is 343 g/mol. The maximum Gasteiger partial charge on any atom is 0.329 e. The van der Waals surface area contributed by atoms with E-state index in [1.54, 1.807) is 0 Å². The predicted octanol–water partition coefficient (Wildman–Crippen LogP) is 2.86. The van der Waals surface area contributed by atoms with Crippen LogP contribution in [0.25, 0.3) is 0 Å². The number of nitro groups is 1. The van der Waals surface area contributed by atoms with Gasteiger partial charge in [-0.3, -0.25) is 10.1 Å². The molecule has 1 aromatic heterocycles. The van der Waals surface area contributed by atoms with E-state index in [-0.39, 0.29) is 29.5 Å². The summed E-state index contributed by atoms with van der Waals surface area (Å²) in [6, 6.07) is 8.35. The molecule has 1 aliphatic heterocycles. The highest BCUT2D eigenvalue weighted by Gasteiger charge is 2.27. The van der Waals surface area contributed by atoms with Crippen LogP contribution in [0, 0.1) is 23.0 Å². The first kappa shape index (κ1) is 17.1. The first-order valence-corrected chi connectivity index (χ1v) is 8.23. The lowest BCUT2D eigenvalue weighted by Gasteiger charge is -2.32. The highest BCUT2D eigenvalue weighted by atomic mass is 16.6. The van der Waals surface area contributed by atoms with Crippen molar-refractivity contribution in [2.75, 3.05) is 24.2 Å². The Kier molecular flexibility index (Phi) is 5.08. The fourth-order valence-electron chi connectivity index (χ4n) is 3.01. The molecule has 8 heteroatoms. The average Bonchev–Trinajstić information content (AvgIpc) is 2.61. The van der Waals surface area contributed by atoms with Crippen LogP contribution in [0.2, 0.25) is 0 Å². The highest BCUT2D eigenvalue weighted by Crippen LogP contribution is 2.34. The monoisotopic (exact) mass is 343 g/mol. The van der Waals surface area contributed by atoms with Crippen LogP contribution in [0.15, 0.2) is 30.5 Å². The molecule has 3 N–H and O–H groups in total. The van der Waals surface area contributed by atoms with Crippen molar-refractivity contribution in [3.05, 3.63) is 51.7 Å². The maximum atomic E-state index is 10.8. The molecule has 3 rings (SSSR count). The van der Waals surface area contributed by atoms with Crippen molar-refractivity contribution in [1.29, 1.82) is 0 Å². The summed E-state index contributed by atoms with van der Waals surface area (Å²) in [6.45, 7) is 3.41. The van der Waals surface area contributed by atoms with Gasteiger partial charge in [0.2, 0.25) is 11.8 Å². The summed E-state index contributed by atoms with van der Waals surface area (Å²) in [7, 11) is 0. The summed E-state index contributed by atoms with van der Waals surface area (Å²) in [5.74, 6) is 0.408. The Balaban J connectivity index is 1.69. The number of anilines is 2. The van der Waals surface area contributed by atoms with Crippen molar-refractivity contribution in [2.45, 2.75) is 25.9 Å². The molecule has 8 nitrogen and oxygen atoms in total. The minimum absolute atomic E-state index is 0.0113. The van der Waals surface area contributed by atoms with Crippen LogP contribution < -0.4 is 11.1 Å². The van der Waals surface area contributed by atoms with Gasteiger partial charge in [0, 0.05) is 19.1 Å². The largest absolute Gasteiger partial charge is 0.378 e. The highest BCUT2D eigenvalue weighted by molar-refractivity contribution is 5.53. The normalized spacial score (nSPS) is 20.2. The number of rotatable bonds is 5. The summed E-state index contributed by atoms with van der Waals surface area (Å²) in [5, 5.41) is 13.9. The number of benzene rings is 1. The fraction of sp³-hybridized carbons (Fsp3) is 0.412. The van der Waals surface area contributed by atoms with Gasteiger partial charge in [-0.15, -0.1) is 0 Å². The van der Waals surface area contributed by atoms with Crippen molar-refractivity contribution < 1.29 is 9.66 Å². The number of ether oxygens (including phenoxy) is 1. The van der Waals surface area contributed by atoms with Gasteiger partial charge in [0.1, 0.15) is 6.20 Å². The molecule has 1 aromatic carbocycles. The molecule has 25 heavy (non-hydrogen) atoms. The Morgan fingerprint density at radius 1 is 1.40 bits per heavy atom. The number of hydrogen-bond acceptors (Lipinski definition) is 7. The van der Waals surface area contributed by atoms with E-state index in [1.165, 1.54) is 5.56 Å². The number of aromatic nitrogens is 2. The lowest BCUT2D eigenvalue weighted by Crippen LogP contribution is -2.28. The zero-order valence-corrected chi connectivity index (χ0v) is 14.0. The van der Waals surface area contributed by atoms with Gasteiger partial charge in [-0.25, -0.2) is 4.98 Å². The van der Waals surface area contributed by atoms with Crippen LogP contribution in [0.1, 0.15) is 30.1 Å². The fourth-order valence-corrected chi connectivity index (χ4v) is 3.01. The molecule has 1 fully saturated rings. The summed E-state index contributed by atoms with van der Waals surface area (Å²) < 4.78 is 5.98. The Morgan fingerprint density at radius 3 is 2.84 bits per heavy atom. The SMILES string of the molecule is Cc1ccc(C2OCCCC2CNc2ncc([N+](=O)[O-])c(N)n2)cc1. The molecule has 1 saturated heterocycles. The van der Waals surface area contributed by atoms with E-state index >= 15 is 0 Å². The molecule has 2 atom stereocenters. The van der Waals surface area contributed by atoms with E-state index in [9.17, 15) is 10.1 Å². The molecule has 2 heterocycles. The van der Waals surface area contributed by atoms with Gasteiger partial charge in [-0.05, 0) is 25.3 Å². The van der Waals surface area contributed by atoms with Crippen LogP contribution >= 0.6 is 0 Å². The molecule has 0 amide bonds. The third kappa shape index (κ3) is 4.03. The lowest BCUT2D eigenvalue weighted by molar-refractivity contribution is -0.384. The number of aryl methyl sites for hydroxylation is 1. The second kappa shape index (κ2) is 7.43. The van der Waals surface area contributed by atoms with Gasteiger partial charge < -0.3 is 15.8 Å². The van der Waals surface area contributed by atoms with Crippen molar-refractivity contribution in [1.82, 2.24) is 9.97 Å². The minimum atomic E-state index is -0.596. The van der Waals surface area contributed by atoms with E-state index in [0.29, 0.717) is 6.54 Å². The minimum Gasteiger partial charge on any atom is -0.378 e. The van der Waals surface area contributed by atoms with Gasteiger partial charge in [0.25, 0.3) is 0 Å². The second-order valence-corrected chi connectivity index (χ2v) is 6.21. The van der Waals surface area contributed by atoms with E-state index in [4.69, 9.17) is 10.5 Å². The first-order valence-electron chi connectivity index (χ1n) is 8.23. The van der Waals surface area contributed by atoms with E-state index in [2.05, 4.69) is 46.5 Å². The molecule has 0 aliphatic carbocycles. The molecular formula is C17H21N5O3. The van der Waals surface area contributed by atoms with E-state index < -0.39 is 4.92 Å². The third-order valence-electron chi connectivity index (χ3n) is 4.37. The molecule has 0 radical (unpaired) electrons. The zero-order valence-electron chi connectivity index (χ0n) is 14.0. The quantitative estimate of drug-likeness (QED) is 0.633. The van der Waals surface area contributed by atoms with E-state index in [1.807, 2.05) is 0 Å². The second-order valence-electron chi connectivity index (χ2n) is 6.21. The third-order valence-corrected chi connectivity index (χ3v) is 4.37. The number of nitrogens with one attached hydrogen (secondary N) is 1. The molecule has 0 spiro atoms. The zero-order chi connectivity index (χ0) is 17.8. The smallest absolute Gasteiger partial charge is 0.329 e. The van der Waals surface area contributed by atoms with Gasteiger partial charge in [-0.2, -0.15) is 4.98 Å². The van der Waals surface area contributed by atoms with Gasteiger partial charge in [0.05, 0.1) is 11.0 Å². The van der Waals surface area contributed by atoms with Gasteiger partial charge in [-0.1, -0.05) is 29.8 Å². The van der Waals surface area contributed by atoms with Crippen molar-refractivity contribution in [2.24, 2.45) is 5.92 Å². The summed E-state index contributed by atoms with van der Waals surface area (Å²) >= 11 is 0. The van der Waals surface area contributed by atoms with Crippen LogP contribution in [-0.4, -0.2) is 28.0 Å².